The zero-order valence-electron chi connectivity index (χ0n) is 11.3. The molecular formula is C14H25N3. The average molecular weight is 235 g/mol. The van der Waals surface area contributed by atoms with Crippen molar-refractivity contribution in [1.29, 1.82) is 0 Å². The largest absolute Gasteiger partial charge is 0.370 e. The molecule has 3 nitrogen and oxygen atoms in total. The summed E-state index contributed by atoms with van der Waals surface area (Å²) >= 11 is 0. The Kier molecular flexibility index (Phi) is 6.63. The zero-order valence-corrected chi connectivity index (χ0v) is 11.3. The van der Waals surface area contributed by atoms with E-state index in [1.165, 1.54) is 18.4 Å². The highest BCUT2D eigenvalue weighted by Crippen LogP contribution is 2.11. The second kappa shape index (κ2) is 8.07. The highest BCUT2D eigenvalue weighted by molar-refractivity contribution is 5.37. The maximum atomic E-state index is 4.35. The molecule has 1 aromatic rings. The Morgan fingerprint density at radius 3 is 2.65 bits per heavy atom. The first-order valence-corrected chi connectivity index (χ1v) is 6.69. The van der Waals surface area contributed by atoms with Gasteiger partial charge in [0.2, 0.25) is 0 Å². The zero-order chi connectivity index (χ0) is 12.5. The van der Waals surface area contributed by atoms with Gasteiger partial charge in [0, 0.05) is 19.3 Å². The van der Waals surface area contributed by atoms with Gasteiger partial charge in [-0.25, -0.2) is 4.98 Å². The Morgan fingerprint density at radius 1 is 1.24 bits per heavy atom. The van der Waals surface area contributed by atoms with Crippen LogP contribution in [0.4, 0.5) is 5.82 Å². The van der Waals surface area contributed by atoms with E-state index in [0.717, 1.165) is 31.4 Å². The Hall–Kier alpha value is -1.09. The standard InChI is InChI=1S/C14H25N3/c1-4-12(5-2)11-17-14-9-13(7-8-16-14)10-15-6-3/h7-9,12,15H,4-6,10-11H2,1-3H3,(H,16,17). The summed E-state index contributed by atoms with van der Waals surface area (Å²) in [7, 11) is 0. The van der Waals surface area contributed by atoms with Gasteiger partial charge in [0.15, 0.2) is 0 Å². The van der Waals surface area contributed by atoms with Crippen LogP contribution in [0, 0.1) is 5.92 Å². The summed E-state index contributed by atoms with van der Waals surface area (Å²) < 4.78 is 0. The lowest BCUT2D eigenvalue weighted by Crippen LogP contribution is -2.15. The fourth-order valence-electron chi connectivity index (χ4n) is 1.78. The Labute approximate surface area is 105 Å². The lowest BCUT2D eigenvalue weighted by atomic mass is 10.0. The molecule has 0 aliphatic carbocycles. The Balaban J connectivity index is 2.47. The van der Waals surface area contributed by atoms with E-state index in [0.29, 0.717) is 0 Å². The smallest absolute Gasteiger partial charge is 0.126 e. The minimum Gasteiger partial charge on any atom is -0.370 e. The van der Waals surface area contributed by atoms with Crippen molar-refractivity contribution in [2.24, 2.45) is 5.92 Å². The van der Waals surface area contributed by atoms with Gasteiger partial charge >= 0.3 is 0 Å². The summed E-state index contributed by atoms with van der Waals surface area (Å²) in [4.78, 5) is 4.35. The molecule has 0 saturated carbocycles. The SMILES string of the molecule is CCNCc1ccnc(NCC(CC)CC)c1. The third-order valence-electron chi connectivity index (χ3n) is 3.13. The van der Waals surface area contributed by atoms with Crippen LogP contribution in [0.2, 0.25) is 0 Å². The molecule has 0 fully saturated rings. The number of hydrogen-bond donors (Lipinski definition) is 2. The first-order chi connectivity index (χ1) is 8.30. The number of anilines is 1. The highest BCUT2D eigenvalue weighted by Gasteiger charge is 2.03. The highest BCUT2D eigenvalue weighted by atomic mass is 15.0. The molecule has 0 amide bonds. The molecule has 0 radical (unpaired) electrons. The first kappa shape index (κ1) is 14.0. The van der Waals surface area contributed by atoms with Crippen LogP contribution in [0.5, 0.6) is 0 Å². The van der Waals surface area contributed by atoms with Gasteiger partial charge in [-0.1, -0.05) is 33.6 Å². The van der Waals surface area contributed by atoms with Gasteiger partial charge in [0.05, 0.1) is 0 Å². The third-order valence-corrected chi connectivity index (χ3v) is 3.13. The van der Waals surface area contributed by atoms with Gasteiger partial charge in [0.1, 0.15) is 5.82 Å². The van der Waals surface area contributed by atoms with E-state index in [2.05, 4.69) is 48.5 Å². The number of nitrogens with one attached hydrogen (secondary N) is 2. The van der Waals surface area contributed by atoms with E-state index in [-0.39, 0.29) is 0 Å². The molecule has 0 aliphatic heterocycles. The molecule has 0 bridgehead atoms. The quantitative estimate of drug-likeness (QED) is 0.727. The molecular weight excluding hydrogens is 210 g/mol. The molecule has 0 aliphatic rings. The van der Waals surface area contributed by atoms with Crippen molar-refractivity contribution in [3.05, 3.63) is 23.9 Å². The second-order valence-corrected chi connectivity index (χ2v) is 4.39. The van der Waals surface area contributed by atoms with Gasteiger partial charge in [-0.3, -0.25) is 0 Å². The minimum absolute atomic E-state index is 0.745. The molecule has 0 spiro atoms. The predicted octanol–water partition coefficient (Wildman–Crippen LogP) is 3.04. The number of aromatic nitrogens is 1. The van der Waals surface area contributed by atoms with Crippen molar-refractivity contribution in [2.75, 3.05) is 18.4 Å². The number of pyridine rings is 1. The molecule has 1 rings (SSSR count). The maximum Gasteiger partial charge on any atom is 0.126 e. The lowest BCUT2D eigenvalue weighted by molar-refractivity contribution is 0.518. The van der Waals surface area contributed by atoms with Crippen LogP contribution < -0.4 is 10.6 Å². The summed E-state index contributed by atoms with van der Waals surface area (Å²) in [6.07, 6.45) is 4.32. The van der Waals surface area contributed by atoms with Gasteiger partial charge in [-0.05, 0) is 30.2 Å². The fourth-order valence-corrected chi connectivity index (χ4v) is 1.78. The molecule has 0 atom stereocenters. The van der Waals surface area contributed by atoms with Crippen LogP contribution in [0.25, 0.3) is 0 Å². The van der Waals surface area contributed by atoms with E-state index in [9.17, 15) is 0 Å². The Bertz CT molecular complexity index is 308. The topological polar surface area (TPSA) is 37.0 Å². The average Bonchev–Trinajstić information content (AvgIpc) is 2.38. The van der Waals surface area contributed by atoms with E-state index >= 15 is 0 Å². The molecule has 1 aromatic heterocycles. The van der Waals surface area contributed by atoms with Crippen LogP contribution >= 0.6 is 0 Å². The van der Waals surface area contributed by atoms with Crippen molar-refractivity contribution in [3.8, 4) is 0 Å². The molecule has 96 valence electrons. The van der Waals surface area contributed by atoms with Crippen molar-refractivity contribution in [1.82, 2.24) is 10.3 Å². The summed E-state index contributed by atoms with van der Waals surface area (Å²) in [6.45, 7) is 9.53. The van der Waals surface area contributed by atoms with Crippen LogP contribution in [-0.4, -0.2) is 18.1 Å². The summed E-state index contributed by atoms with van der Waals surface area (Å²) in [6, 6.07) is 4.19. The molecule has 0 unspecified atom stereocenters. The molecule has 0 aromatic carbocycles. The number of hydrogen-bond acceptors (Lipinski definition) is 3. The van der Waals surface area contributed by atoms with Gasteiger partial charge in [-0.15, -0.1) is 0 Å². The maximum absolute atomic E-state index is 4.35. The second-order valence-electron chi connectivity index (χ2n) is 4.39. The Morgan fingerprint density at radius 2 is 2.00 bits per heavy atom. The van der Waals surface area contributed by atoms with E-state index in [1.807, 2.05) is 6.20 Å². The fraction of sp³-hybridized carbons (Fsp3) is 0.643. The third kappa shape index (κ3) is 5.18. The lowest BCUT2D eigenvalue weighted by Gasteiger charge is -2.14. The number of nitrogens with zero attached hydrogens (tertiary/aromatic N) is 1. The van der Waals surface area contributed by atoms with E-state index in [4.69, 9.17) is 0 Å². The molecule has 2 N–H and O–H groups in total. The number of rotatable bonds is 8. The van der Waals surface area contributed by atoms with E-state index in [1.54, 1.807) is 0 Å². The summed E-state index contributed by atoms with van der Waals surface area (Å²) in [5.41, 5.74) is 1.29. The summed E-state index contributed by atoms with van der Waals surface area (Å²) in [5, 5.41) is 6.75. The normalized spacial score (nSPS) is 10.8. The van der Waals surface area contributed by atoms with Crippen LogP contribution in [0.1, 0.15) is 39.2 Å². The van der Waals surface area contributed by atoms with Gasteiger partial charge in [0.25, 0.3) is 0 Å². The molecule has 1 heterocycles. The summed E-state index contributed by atoms with van der Waals surface area (Å²) in [5.74, 6) is 1.74. The molecule has 3 heteroatoms. The minimum atomic E-state index is 0.745. The van der Waals surface area contributed by atoms with Gasteiger partial charge in [-0.2, -0.15) is 0 Å². The van der Waals surface area contributed by atoms with E-state index < -0.39 is 0 Å². The predicted molar refractivity (Wildman–Crippen MR) is 74.2 cm³/mol. The first-order valence-electron chi connectivity index (χ1n) is 6.69. The van der Waals surface area contributed by atoms with Crippen LogP contribution in [0.15, 0.2) is 18.3 Å². The molecule has 17 heavy (non-hydrogen) atoms. The van der Waals surface area contributed by atoms with Crippen molar-refractivity contribution in [2.45, 2.75) is 40.2 Å². The monoisotopic (exact) mass is 235 g/mol. The molecule has 0 saturated heterocycles. The van der Waals surface area contributed by atoms with Crippen LogP contribution in [0.3, 0.4) is 0 Å². The van der Waals surface area contributed by atoms with Crippen molar-refractivity contribution in [3.63, 3.8) is 0 Å². The van der Waals surface area contributed by atoms with Crippen molar-refractivity contribution >= 4 is 5.82 Å². The van der Waals surface area contributed by atoms with Crippen LogP contribution in [-0.2, 0) is 6.54 Å². The van der Waals surface area contributed by atoms with Crippen molar-refractivity contribution < 1.29 is 0 Å². The van der Waals surface area contributed by atoms with Gasteiger partial charge < -0.3 is 10.6 Å².